The first-order valence-electron chi connectivity index (χ1n) is 11.5. The fraction of sp³-hybridized carbons (Fsp3) is 0.500. The molecule has 2 aromatic rings. The van der Waals surface area contributed by atoms with Crippen molar-refractivity contribution in [3.63, 3.8) is 0 Å². The molecule has 182 valence electrons. The van der Waals surface area contributed by atoms with Crippen molar-refractivity contribution in [2.75, 3.05) is 45.3 Å². The van der Waals surface area contributed by atoms with Gasteiger partial charge in [0.15, 0.2) is 0 Å². The van der Waals surface area contributed by atoms with Gasteiger partial charge in [0.1, 0.15) is 5.82 Å². The smallest absolute Gasteiger partial charge is 0.413 e. The second-order valence-corrected chi connectivity index (χ2v) is 8.66. The number of fused-ring (bicyclic) bond motifs is 1. The van der Waals surface area contributed by atoms with Gasteiger partial charge < -0.3 is 19.9 Å². The Hall–Kier alpha value is -3.24. The number of carboxylic acid groups (broad SMARTS) is 1. The number of carbonyl (C=O) groups excluding carboxylic acids is 1. The summed E-state index contributed by atoms with van der Waals surface area (Å²) in [7, 11) is 2.96. The molecule has 0 saturated carbocycles. The first-order valence-corrected chi connectivity index (χ1v) is 11.5. The van der Waals surface area contributed by atoms with Crippen molar-refractivity contribution in [3.8, 4) is 5.88 Å². The highest BCUT2D eigenvalue weighted by atomic mass is 16.5. The van der Waals surface area contributed by atoms with E-state index in [9.17, 15) is 14.7 Å². The normalized spacial score (nSPS) is 16.9. The number of nitrogens with one attached hydrogen (secondary N) is 1. The first kappa shape index (κ1) is 23.9. The maximum absolute atomic E-state index is 11.9. The number of anilines is 1. The van der Waals surface area contributed by atoms with Crippen LogP contribution in [0.4, 0.5) is 10.6 Å². The van der Waals surface area contributed by atoms with Crippen LogP contribution in [0.1, 0.15) is 35.7 Å². The third kappa shape index (κ3) is 5.63. The molecule has 0 spiro atoms. The molecule has 1 saturated heterocycles. The molecular weight excluding hydrogens is 438 g/mol. The Morgan fingerprint density at radius 1 is 1.24 bits per heavy atom. The number of ether oxygens (including phenoxy) is 2. The summed E-state index contributed by atoms with van der Waals surface area (Å²) in [6, 6.07) is 7.75. The molecule has 10 heteroatoms. The zero-order chi connectivity index (χ0) is 24.1. The van der Waals surface area contributed by atoms with Crippen molar-refractivity contribution in [1.29, 1.82) is 0 Å². The summed E-state index contributed by atoms with van der Waals surface area (Å²) in [5, 5.41) is 13.0. The number of methoxy groups -OCH3 is 2. The first-order chi connectivity index (χ1) is 16.5. The van der Waals surface area contributed by atoms with Crippen LogP contribution in [0.3, 0.4) is 0 Å². The molecule has 4 heterocycles. The standard InChI is InChI=1S/C24H31N5O5/c1-33-21-8-6-17(13-25-21)20(12-22(30)34-2)26-19-14-28(15-19)11-9-18-7-5-16-4-3-10-29(24(31)32)23(16)27-18/h5-8,13,19-20,26H,3-4,9-12,14-15H2,1-2H3,(H,31,32). The molecule has 2 aliphatic rings. The number of carbonyl (C=O) groups is 2. The van der Waals surface area contributed by atoms with E-state index in [2.05, 4.69) is 20.2 Å². The summed E-state index contributed by atoms with van der Waals surface area (Å²) in [6.45, 7) is 3.04. The second kappa shape index (κ2) is 10.8. The largest absolute Gasteiger partial charge is 0.481 e. The minimum atomic E-state index is -0.948. The van der Waals surface area contributed by atoms with Crippen LogP contribution in [0.25, 0.3) is 0 Å². The van der Waals surface area contributed by atoms with E-state index in [1.165, 1.54) is 12.0 Å². The molecule has 4 rings (SSSR count). The summed E-state index contributed by atoms with van der Waals surface area (Å²) < 4.78 is 9.99. The Balaban J connectivity index is 1.30. The highest BCUT2D eigenvalue weighted by Crippen LogP contribution is 2.26. The van der Waals surface area contributed by atoms with Crippen LogP contribution < -0.4 is 15.0 Å². The van der Waals surface area contributed by atoms with Gasteiger partial charge in [-0.25, -0.2) is 14.8 Å². The van der Waals surface area contributed by atoms with Gasteiger partial charge in [-0.05, 0) is 30.0 Å². The molecular formula is C24H31N5O5. The van der Waals surface area contributed by atoms with E-state index >= 15 is 0 Å². The van der Waals surface area contributed by atoms with Gasteiger partial charge in [0.05, 0.1) is 20.6 Å². The quantitative estimate of drug-likeness (QED) is 0.532. The number of hydrogen-bond acceptors (Lipinski definition) is 8. The topological polar surface area (TPSA) is 117 Å². The Morgan fingerprint density at radius 2 is 2.06 bits per heavy atom. The zero-order valence-corrected chi connectivity index (χ0v) is 19.6. The third-order valence-electron chi connectivity index (χ3n) is 6.38. The SMILES string of the molecule is COC(=O)CC(NC1CN(CCc2ccc3c(n2)N(C(=O)O)CCC3)C1)c1ccc(OC)nc1. The Morgan fingerprint density at radius 3 is 2.74 bits per heavy atom. The van der Waals surface area contributed by atoms with Crippen LogP contribution in [-0.4, -0.2) is 78.5 Å². The summed E-state index contributed by atoms with van der Waals surface area (Å²) in [4.78, 5) is 36.0. The number of pyridine rings is 2. The Bertz CT molecular complexity index is 1010. The van der Waals surface area contributed by atoms with Crippen molar-refractivity contribution in [1.82, 2.24) is 20.2 Å². The summed E-state index contributed by atoms with van der Waals surface area (Å²) in [6.07, 6.45) is 3.43. The number of esters is 1. The number of hydrogen-bond donors (Lipinski definition) is 2. The van der Waals surface area contributed by atoms with E-state index in [1.54, 1.807) is 19.4 Å². The number of aromatic nitrogens is 2. The third-order valence-corrected chi connectivity index (χ3v) is 6.38. The van der Waals surface area contributed by atoms with E-state index in [-0.39, 0.29) is 24.5 Å². The lowest BCUT2D eigenvalue weighted by Gasteiger charge is -2.41. The number of nitrogens with zero attached hydrogens (tertiary/aromatic N) is 4. The maximum atomic E-state index is 11.9. The van der Waals surface area contributed by atoms with Crippen LogP contribution in [-0.2, 0) is 22.4 Å². The fourth-order valence-electron chi connectivity index (χ4n) is 4.46. The van der Waals surface area contributed by atoms with Crippen molar-refractivity contribution >= 4 is 17.9 Å². The van der Waals surface area contributed by atoms with E-state index in [4.69, 9.17) is 9.47 Å². The minimum absolute atomic E-state index is 0.192. The molecule has 1 unspecified atom stereocenters. The molecule has 0 aliphatic carbocycles. The molecule has 2 N–H and O–H groups in total. The lowest BCUT2D eigenvalue weighted by atomic mass is 10.0. The lowest BCUT2D eigenvalue weighted by molar-refractivity contribution is -0.141. The molecule has 2 aliphatic heterocycles. The number of aryl methyl sites for hydroxylation is 1. The predicted octanol–water partition coefficient (Wildman–Crippen LogP) is 2.04. The van der Waals surface area contributed by atoms with Gasteiger partial charge in [0.2, 0.25) is 5.88 Å². The van der Waals surface area contributed by atoms with Crippen LogP contribution >= 0.6 is 0 Å². The van der Waals surface area contributed by atoms with Crippen molar-refractivity contribution in [3.05, 3.63) is 47.3 Å². The van der Waals surface area contributed by atoms with Gasteiger partial charge in [-0.15, -0.1) is 0 Å². The van der Waals surface area contributed by atoms with E-state index < -0.39 is 6.09 Å². The molecule has 34 heavy (non-hydrogen) atoms. The molecule has 1 amide bonds. The summed E-state index contributed by atoms with van der Waals surface area (Å²) in [5.74, 6) is 0.828. The molecule has 2 aromatic heterocycles. The van der Waals surface area contributed by atoms with E-state index in [0.717, 1.165) is 55.7 Å². The van der Waals surface area contributed by atoms with Crippen molar-refractivity contribution in [2.45, 2.75) is 37.8 Å². The fourth-order valence-corrected chi connectivity index (χ4v) is 4.46. The van der Waals surface area contributed by atoms with Gasteiger partial charge >= 0.3 is 12.1 Å². The zero-order valence-electron chi connectivity index (χ0n) is 19.6. The van der Waals surface area contributed by atoms with Gasteiger partial charge in [-0.1, -0.05) is 12.1 Å². The Kier molecular flexibility index (Phi) is 7.59. The van der Waals surface area contributed by atoms with Crippen LogP contribution in [0, 0.1) is 0 Å². The highest BCUT2D eigenvalue weighted by Gasteiger charge is 2.30. The minimum Gasteiger partial charge on any atom is -0.481 e. The predicted molar refractivity (Wildman–Crippen MR) is 125 cm³/mol. The lowest BCUT2D eigenvalue weighted by Crippen LogP contribution is -2.59. The average molecular weight is 470 g/mol. The van der Waals surface area contributed by atoms with Gasteiger partial charge in [0, 0.05) is 62.6 Å². The van der Waals surface area contributed by atoms with Gasteiger partial charge in [0.25, 0.3) is 0 Å². The van der Waals surface area contributed by atoms with Crippen molar-refractivity contribution < 1.29 is 24.2 Å². The van der Waals surface area contributed by atoms with Gasteiger partial charge in [-0.3, -0.25) is 14.6 Å². The van der Waals surface area contributed by atoms with Crippen LogP contribution in [0.2, 0.25) is 0 Å². The number of amides is 1. The van der Waals surface area contributed by atoms with Gasteiger partial charge in [-0.2, -0.15) is 0 Å². The van der Waals surface area contributed by atoms with E-state index in [1.807, 2.05) is 18.2 Å². The molecule has 1 atom stereocenters. The molecule has 0 radical (unpaired) electrons. The molecule has 0 aromatic carbocycles. The Labute approximate surface area is 198 Å². The maximum Gasteiger partial charge on any atom is 0.413 e. The average Bonchev–Trinajstić information content (AvgIpc) is 2.83. The number of likely N-dealkylation sites (tertiary alicyclic amines) is 1. The molecule has 10 nitrogen and oxygen atoms in total. The highest BCUT2D eigenvalue weighted by molar-refractivity contribution is 5.86. The van der Waals surface area contributed by atoms with Crippen LogP contribution in [0.15, 0.2) is 30.5 Å². The van der Waals surface area contributed by atoms with E-state index in [0.29, 0.717) is 18.2 Å². The number of rotatable bonds is 9. The summed E-state index contributed by atoms with van der Waals surface area (Å²) in [5.41, 5.74) is 2.80. The molecule has 0 bridgehead atoms. The van der Waals surface area contributed by atoms with Crippen molar-refractivity contribution in [2.24, 2.45) is 0 Å². The second-order valence-electron chi connectivity index (χ2n) is 8.66. The van der Waals surface area contributed by atoms with Crippen LogP contribution in [0.5, 0.6) is 5.88 Å². The molecule has 1 fully saturated rings. The monoisotopic (exact) mass is 469 g/mol. The summed E-state index contributed by atoms with van der Waals surface area (Å²) >= 11 is 0.